The number of amides is 1. The van der Waals surface area contributed by atoms with Crippen LogP contribution in [0.25, 0.3) is 0 Å². The van der Waals surface area contributed by atoms with Crippen LogP contribution in [0.1, 0.15) is 37.8 Å². The van der Waals surface area contributed by atoms with Gasteiger partial charge in [-0.05, 0) is 37.0 Å². The quantitative estimate of drug-likeness (QED) is 0.318. The standard InChI is InChI=1S/C14H22N4O2/c1-4-14(5-2,12(15)18-20)13(19)17-9-11-8-16-7-6-10(11)3/h6-8,20H,4-5,9H2,1-3H3,(H2,15,18)(H,17,19). The zero-order valence-electron chi connectivity index (χ0n) is 12.2. The van der Waals surface area contributed by atoms with Crippen molar-refractivity contribution in [3.8, 4) is 0 Å². The normalized spacial score (nSPS) is 12.2. The second kappa shape index (κ2) is 6.88. The van der Waals surface area contributed by atoms with Crippen LogP contribution < -0.4 is 11.1 Å². The minimum Gasteiger partial charge on any atom is -0.409 e. The van der Waals surface area contributed by atoms with Crippen molar-refractivity contribution >= 4 is 11.7 Å². The second-order valence-electron chi connectivity index (χ2n) is 4.76. The highest BCUT2D eigenvalue weighted by Gasteiger charge is 2.39. The van der Waals surface area contributed by atoms with E-state index in [2.05, 4.69) is 15.5 Å². The fourth-order valence-electron chi connectivity index (χ4n) is 2.17. The molecular weight excluding hydrogens is 256 g/mol. The number of nitrogens with zero attached hydrogens (tertiary/aromatic N) is 2. The first-order valence-corrected chi connectivity index (χ1v) is 6.67. The number of hydrogen-bond acceptors (Lipinski definition) is 4. The third-order valence-electron chi connectivity index (χ3n) is 3.83. The molecule has 0 unspecified atom stereocenters. The molecule has 20 heavy (non-hydrogen) atoms. The molecule has 0 aliphatic rings. The van der Waals surface area contributed by atoms with Crippen molar-refractivity contribution in [1.29, 1.82) is 0 Å². The maximum absolute atomic E-state index is 12.4. The highest BCUT2D eigenvalue weighted by atomic mass is 16.4. The molecule has 6 heteroatoms. The Morgan fingerprint density at radius 1 is 1.50 bits per heavy atom. The summed E-state index contributed by atoms with van der Waals surface area (Å²) in [6, 6.07) is 1.89. The van der Waals surface area contributed by atoms with Gasteiger partial charge in [-0.3, -0.25) is 9.78 Å². The summed E-state index contributed by atoms with van der Waals surface area (Å²) in [6.07, 6.45) is 4.37. The lowest BCUT2D eigenvalue weighted by atomic mass is 9.80. The molecule has 0 aromatic carbocycles. The van der Waals surface area contributed by atoms with Gasteiger partial charge in [-0.1, -0.05) is 19.0 Å². The molecule has 0 saturated heterocycles. The van der Waals surface area contributed by atoms with E-state index in [-0.39, 0.29) is 11.7 Å². The van der Waals surface area contributed by atoms with E-state index in [0.717, 1.165) is 11.1 Å². The number of nitrogens with one attached hydrogen (secondary N) is 1. The number of oxime groups is 1. The van der Waals surface area contributed by atoms with E-state index < -0.39 is 5.41 Å². The van der Waals surface area contributed by atoms with Crippen LogP contribution in [0.4, 0.5) is 0 Å². The molecule has 1 aromatic heterocycles. The van der Waals surface area contributed by atoms with Crippen molar-refractivity contribution in [2.24, 2.45) is 16.3 Å². The fraction of sp³-hybridized carbons (Fsp3) is 0.500. The lowest BCUT2D eigenvalue weighted by Gasteiger charge is -2.28. The van der Waals surface area contributed by atoms with Gasteiger partial charge < -0.3 is 16.3 Å². The topological polar surface area (TPSA) is 101 Å². The fourth-order valence-corrected chi connectivity index (χ4v) is 2.17. The van der Waals surface area contributed by atoms with Crippen LogP contribution in [-0.2, 0) is 11.3 Å². The molecule has 0 aliphatic heterocycles. The minimum atomic E-state index is -0.967. The van der Waals surface area contributed by atoms with Crippen LogP contribution in [0.2, 0.25) is 0 Å². The first-order valence-electron chi connectivity index (χ1n) is 6.67. The highest BCUT2D eigenvalue weighted by Crippen LogP contribution is 2.27. The van der Waals surface area contributed by atoms with Crippen molar-refractivity contribution in [2.75, 3.05) is 0 Å². The number of aryl methyl sites for hydroxylation is 1. The average molecular weight is 278 g/mol. The number of carbonyl (C=O) groups is 1. The predicted octanol–water partition coefficient (Wildman–Crippen LogP) is 1.56. The second-order valence-corrected chi connectivity index (χ2v) is 4.76. The molecule has 0 aliphatic carbocycles. The zero-order valence-corrected chi connectivity index (χ0v) is 12.2. The third kappa shape index (κ3) is 3.07. The van der Waals surface area contributed by atoms with Crippen LogP contribution >= 0.6 is 0 Å². The first kappa shape index (κ1) is 15.9. The Morgan fingerprint density at radius 3 is 2.65 bits per heavy atom. The number of carbonyl (C=O) groups excluding carboxylic acids is 1. The summed E-state index contributed by atoms with van der Waals surface area (Å²) in [5.74, 6) is -0.288. The van der Waals surface area contributed by atoms with Gasteiger partial charge in [0.05, 0.1) is 0 Å². The average Bonchev–Trinajstić information content (AvgIpc) is 2.47. The number of amidine groups is 1. The molecule has 110 valence electrons. The van der Waals surface area contributed by atoms with Crippen molar-refractivity contribution in [3.63, 3.8) is 0 Å². The summed E-state index contributed by atoms with van der Waals surface area (Å²) in [6.45, 7) is 6.02. The molecule has 1 heterocycles. The van der Waals surface area contributed by atoms with E-state index in [4.69, 9.17) is 10.9 Å². The number of aromatic nitrogens is 1. The van der Waals surface area contributed by atoms with Crippen molar-refractivity contribution in [3.05, 3.63) is 29.6 Å². The van der Waals surface area contributed by atoms with E-state index >= 15 is 0 Å². The number of pyridine rings is 1. The van der Waals surface area contributed by atoms with Crippen molar-refractivity contribution in [1.82, 2.24) is 10.3 Å². The van der Waals surface area contributed by atoms with Crippen molar-refractivity contribution in [2.45, 2.75) is 40.2 Å². The molecule has 0 radical (unpaired) electrons. The van der Waals surface area contributed by atoms with E-state index in [0.29, 0.717) is 19.4 Å². The van der Waals surface area contributed by atoms with Crippen LogP contribution in [-0.4, -0.2) is 21.9 Å². The van der Waals surface area contributed by atoms with Gasteiger partial charge >= 0.3 is 0 Å². The van der Waals surface area contributed by atoms with Gasteiger partial charge in [0, 0.05) is 18.9 Å². The largest absolute Gasteiger partial charge is 0.409 e. The summed E-state index contributed by atoms with van der Waals surface area (Å²) >= 11 is 0. The number of rotatable bonds is 6. The lowest BCUT2D eigenvalue weighted by Crippen LogP contribution is -2.49. The third-order valence-corrected chi connectivity index (χ3v) is 3.83. The maximum atomic E-state index is 12.4. The maximum Gasteiger partial charge on any atom is 0.234 e. The molecule has 0 fully saturated rings. The summed E-state index contributed by atoms with van der Waals surface area (Å²) in [5, 5.41) is 14.7. The highest BCUT2D eigenvalue weighted by molar-refractivity contribution is 6.06. The van der Waals surface area contributed by atoms with Gasteiger partial charge in [0.1, 0.15) is 5.41 Å². The van der Waals surface area contributed by atoms with Gasteiger partial charge in [-0.2, -0.15) is 0 Å². The van der Waals surface area contributed by atoms with E-state index in [1.54, 1.807) is 12.4 Å². The van der Waals surface area contributed by atoms with E-state index in [9.17, 15) is 4.79 Å². The Kier molecular flexibility index (Phi) is 5.49. The minimum absolute atomic E-state index is 0.0529. The van der Waals surface area contributed by atoms with Crippen LogP contribution in [0.5, 0.6) is 0 Å². The SMILES string of the molecule is CCC(CC)(C(=O)NCc1cnccc1C)/C(N)=N/O. The Balaban J connectivity index is 2.86. The Bertz CT molecular complexity index is 496. The molecule has 0 atom stereocenters. The molecule has 1 amide bonds. The zero-order chi connectivity index (χ0) is 15.2. The molecule has 1 rings (SSSR count). The predicted molar refractivity (Wildman–Crippen MR) is 77.2 cm³/mol. The van der Waals surface area contributed by atoms with Crippen LogP contribution in [0.3, 0.4) is 0 Å². The summed E-state index contributed by atoms with van der Waals surface area (Å²) in [7, 11) is 0. The van der Waals surface area contributed by atoms with Gasteiger partial charge in [0.2, 0.25) is 5.91 Å². The molecule has 0 bridgehead atoms. The lowest BCUT2D eigenvalue weighted by molar-refractivity contribution is -0.128. The van der Waals surface area contributed by atoms with Crippen LogP contribution in [0, 0.1) is 12.3 Å². The monoisotopic (exact) mass is 278 g/mol. The summed E-state index contributed by atoms with van der Waals surface area (Å²) < 4.78 is 0. The van der Waals surface area contributed by atoms with Gasteiger partial charge in [0.25, 0.3) is 0 Å². The Hall–Kier alpha value is -2.11. The molecule has 6 nitrogen and oxygen atoms in total. The van der Waals surface area contributed by atoms with Crippen molar-refractivity contribution < 1.29 is 10.0 Å². The molecule has 4 N–H and O–H groups in total. The van der Waals surface area contributed by atoms with E-state index in [1.807, 2.05) is 26.8 Å². The number of nitrogens with two attached hydrogens (primary N) is 1. The first-order chi connectivity index (χ1) is 9.51. The summed E-state index contributed by atoms with van der Waals surface area (Å²) in [4.78, 5) is 16.4. The van der Waals surface area contributed by atoms with E-state index in [1.165, 1.54) is 0 Å². The Labute approximate surface area is 119 Å². The smallest absolute Gasteiger partial charge is 0.234 e. The molecule has 0 spiro atoms. The van der Waals surface area contributed by atoms with Crippen LogP contribution in [0.15, 0.2) is 23.6 Å². The molecule has 1 aromatic rings. The van der Waals surface area contributed by atoms with Gasteiger partial charge in [0.15, 0.2) is 5.84 Å². The summed E-state index contributed by atoms with van der Waals surface area (Å²) in [5.41, 5.74) is 6.74. The van der Waals surface area contributed by atoms with Gasteiger partial charge in [-0.15, -0.1) is 0 Å². The number of hydrogen-bond donors (Lipinski definition) is 3. The van der Waals surface area contributed by atoms with Gasteiger partial charge in [-0.25, -0.2) is 0 Å². The Morgan fingerprint density at radius 2 is 2.15 bits per heavy atom. The molecule has 0 saturated carbocycles. The molecular formula is C14H22N4O2.